The Bertz CT molecular complexity index is 545. The molecule has 0 unspecified atom stereocenters. The van der Waals surface area contributed by atoms with Crippen molar-refractivity contribution in [1.29, 1.82) is 0 Å². The summed E-state index contributed by atoms with van der Waals surface area (Å²) < 4.78 is 1.88. The lowest BCUT2D eigenvalue weighted by molar-refractivity contribution is -0.119. The molecule has 0 fully saturated rings. The highest BCUT2D eigenvalue weighted by Gasteiger charge is 2.14. The van der Waals surface area contributed by atoms with Crippen LogP contribution in [0.5, 0.6) is 0 Å². The van der Waals surface area contributed by atoms with E-state index in [1.165, 1.54) is 6.92 Å². The highest BCUT2D eigenvalue weighted by Crippen LogP contribution is 2.19. The van der Waals surface area contributed by atoms with E-state index in [0.29, 0.717) is 0 Å². The number of amides is 1. The third-order valence-corrected chi connectivity index (χ3v) is 2.93. The Morgan fingerprint density at radius 1 is 1.33 bits per heavy atom. The lowest BCUT2D eigenvalue weighted by atomic mass is 10.1. The number of aromatic nitrogens is 2. The molecule has 0 spiro atoms. The lowest BCUT2D eigenvalue weighted by Gasteiger charge is -2.12. The minimum atomic E-state index is -0.0330. The van der Waals surface area contributed by atoms with Crippen LogP contribution in [-0.4, -0.2) is 15.7 Å². The second-order valence-corrected chi connectivity index (χ2v) is 4.35. The lowest BCUT2D eigenvalue weighted by Crippen LogP contribution is -2.23. The summed E-state index contributed by atoms with van der Waals surface area (Å²) in [5.74, 6) is -0.0330. The first kappa shape index (κ1) is 12.4. The van der Waals surface area contributed by atoms with Gasteiger partial charge in [0.15, 0.2) is 0 Å². The highest BCUT2D eigenvalue weighted by molar-refractivity contribution is 5.73. The Labute approximate surface area is 107 Å². The van der Waals surface area contributed by atoms with Crippen molar-refractivity contribution in [3.63, 3.8) is 0 Å². The first-order valence-corrected chi connectivity index (χ1v) is 5.96. The fourth-order valence-electron chi connectivity index (χ4n) is 2.06. The monoisotopic (exact) mass is 243 g/mol. The van der Waals surface area contributed by atoms with Gasteiger partial charge in [-0.25, -0.2) is 4.68 Å². The zero-order valence-electron chi connectivity index (χ0n) is 10.8. The number of hydrogen-bond donors (Lipinski definition) is 1. The molecule has 0 bridgehead atoms. The molecule has 1 amide bonds. The number of nitrogens with one attached hydrogen (secondary N) is 1. The van der Waals surface area contributed by atoms with E-state index in [2.05, 4.69) is 10.4 Å². The Hall–Kier alpha value is -2.10. The zero-order valence-corrected chi connectivity index (χ0v) is 10.8. The summed E-state index contributed by atoms with van der Waals surface area (Å²) in [6, 6.07) is 9.92. The minimum Gasteiger partial charge on any atom is -0.350 e. The average molecular weight is 243 g/mol. The molecule has 0 aliphatic rings. The summed E-state index contributed by atoms with van der Waals surface area (Å²) >= 11 is 0. The molecule has 2 aromatic rings. The number of carbonyl (C=O) groups excluding carboxylic acids is 1. The number of rotatable bonds is 3. The van der Waals surface area contributed by atoms with Crippen molar-refractivity contribution in [3.8, 4) is 5.69 Å². The van der Waals surface area contributed by atoms with Gasteiger partial charge in [0.25, 0.3) is 0 Å². The molecule has 1 N–H and O–H groups in total. The zero-order chi connectivity index (χ0) is 13.1. The summed E-state index contributed by atoms with van der Waals surface area (Å²) in [5.41, 5.74) is 3.10. The van der Waals surface area contributed by atoms with E-state index < -0.39 is 0 Å². The third-order valence-electron chi connectivity index (χ3n) is 2.93. The van der Waals surface area contributed by atoms with E-state index in [9.17, 15) is 4.79 Å². The van der Waals surface area contributed by atoms with Crippen molar-refractivity contribution in [2.45, 2.75) is 26.8 Å². The van der Waals surface area contributed by atoms with Gasteiger partial charge >= 0.3 is 0 Å². The van der Waals surface area contributed by atoms with E-state index in [4.69, 9.17) is 0 Å². The molecule has 0 saturated heterocycles. The Kier molecular flexibility index (Phi) is 3.46. The smallest absolute Gasteiger partial charge is 0.217 e. The van der Waals surface area contributed by atoms with Gasteiger partial charge in [0.1, 0.15) is 0 Å². The topological polar surface area (TPSA) is 46.9 Å². The largest absolute Gasteiger partial charge is 0.350 e. The number of benzene rings is 1. The summed E-state index contributed by atoms with van der Waals surface area (Å²) in [5, 5.41) is 7.25. The Balaban J connectivity index is 2.32. The van der Waals surface area contributed by atoms with Crippen molar-refractivity contribution in [2.75, 3.05) is 0 Å². The van der Waals surface area contributed by atoms with Crippen LogP contribution in [0.15, 0.2) is 36.5 Å². The molecule has 94 valence electrons. The molecule has 1 heterocycles. The molecule has 2 rings (SSSR count). The van der Waals surface area contributed by atoms with Gasteiger partial charge in [-0.15, -0.1) is 0 Å². The molecule has 0 saturated carbocycles. The summed E-state index contributed by atoms with van der Waals surface area (Å²) in [6.45, 7) is 5.49. The van der Waals surface area contributed by atoms with Gasteiger partial charge in [0.05, 0.1) is 17.9 Å². The van der Waals surface area contributed by atoms with Gasteiger partial charge in [-0.2, -0.15) is 5.10 Å². The summed E-state index contributed by atoms with van der Waals surface area (Å²) in [6.07, 6.45) is 1.81. The van der Waals surface area contributed by atoms with Crippen molar-refractivity contribution in [2.24, 2.45) is 0 Å². The molecule has 18 heavy (non-hydrogen) atoms. The van der Waals surface area contributed by atoms with E-state index in [0.717, 1.165) is 16.9 Å². The Morgan fingerprint density at radius 2 is 2.00 bits per heavy atom. The molecular formula is C14H17N3O. The molecule has 1 aromatic carbocycles. The minimum absolute atomic E-state index is 0.0278. The van der Waals surface area contributed by atoms with Crippen molar-refractivity contribution in [3.05, 3.63) is 47.8 Å². The average Bonchev–Trinajstić information content (AvgIpc) is 2.71. The maximum absolute atomic E-state index is 11.1. The van der Waals surface area contributed by atoms with Crippen LogP contribution in [0.1, 0.15) is 31.1 Å². The fraction of sp³-hybridized carbons (Fsp3) is 0.286. The van der Waals surface area contributed by atoms with Crippen LogP contribution in [0.4, 0.5) is 0 Å². The van der Waals surface area contributed by atoms with Gasteiger partial charge in [-0.05, 0) is 26.0 Å². The van der Waals surface area contributed by atoms with Crippen LogP contribution < -0.4 is 5.32 Å². The van der Waals surface area contributed by atoms with Gasteiger partial charge < -0.3 is 5.32 Å². The normalized spacial score (nSPS) is 12.2. The molecule has 0 radical (unpaired) electrons. The van der Waals surface area contributed by atoms with Crippen molar-refractivity contribution >= 4 is 5.91 Å². The molecule has 1 atom stereocenters. The predicted octanol–water partition coefficient (Wildman–Crippen LogP) is 2.38. The SMILES string of the molecule is CC(=O)N[C@H](C)c1cnn(-c2ccccc2)c1C. The maximum Gasteiger partial charge on any atom is 0.217 e. The van der Waals surface area contributed by atoms with Crippen LogP contribution in [0.3, 0.4) is 0 Å². The fourth-order valence-corrected chi connectivity index (χ4v) is 2.06. The summed E-state index contributed by atoms with van der Waals surface area (Å²) in [7, 11) is 0. The predicted molar refractivity (Wildman–Crippen MR) is 70.5 cm³/mol. The van der Waals surface area contributed by atoms with Gasteiger partial charge in [0.2, 0.25) is 5.91 Å². The first-order valence-electron chi connectivity index (χ1n) is 5.96. The molecule has 1 aromatic heterocycles. The standard InChI is InChI=1S/C14H17N3O/c1-10(16-12(3)18)14-9-15-17(11(14)2)13-7-5-4-6-8-13/h4-10H,1-3H3,(H,16,18)/t10-/m1/s1. The summed E-state index contributed by atoms with van der Waals surface area (Å²) in [4.78, 5) is 11.1. The van der Waals surface area contributed by atoms with E-state index in [-0.39, 0.29) is 11.9 Å². The van der Waals surface area contributed by atoms with Gasteiger partial charge in [-0.1, -0.05) is 18.2 Å². The van der Waals surface area contributed by atoms with Crippen molar-refractivity contribution in [1.82, 2.24) is 15.1 Å². The van der Waals surface area contributed by atoms with Crippen molar-refractivity contribution < 1.29 is 4.79 Å². The van der Waals surface area contributed by atoms with Crippen LogP contribution in [0.25, 0.3) is 5.69 Å². The van der Waals surface area contributed by atoms with Gasteiger partial charge in [0, 0.05) is 18.2 Å². The Morgan fingerprint density at radius 3 is 2.61 bits per heavy atom. The molecule has 4 nitrogen and oxygen atoms in total. The number of nitrogens with zero attached hydrogens (tertiary/aromatic N) is 2. The van der Waals surface area contributed by atoms with Crippen LogP contribution in [0, 0.1) is 6.92 Å². The maximum atomic E-state index is 11.1. The first-order chi connectivity index (χ1) is 8.59. The quantitative estimate of drug-likeness (QED) is 0.899. The van der Waals surface area contributed by atoms with E-state index >= 15 is 0 Å². The molecular weight excluding hydrogens is 226 g/mol. The number of para-hydroxylation sites is 1. The number of hydrogen-bond acceptors (Lipinski definition) is 2. The molecule has 4 heteroatoms. The van der Waals surface area contributed by atoms with Gasteiger partial charge in [-0.3, -0.25) is 4.79 Å². The van der Waals surface area contributed by atoms with E-state index in [1.807, 2.05) is 55.1 Å². The molecule has 0 aliphatic heterocycles. The van der Waals surface area contributed by atoms with Crippen LogP contribution >= 0.6 is 0 Å². The second kappa shape index (κ2) is 5.04. The third kappa shape index (κ3) is 2.42. The van der Waals surface area contributed by atoms with E-state index in [1.54, 1.807) is 0 Å². The molecule has 0 aliphatic carbocycles. The second-order valence-electron chi connectivity index (χ2n) is 4.35. The highest BCUT2D eigenvalue weighted by atomic mass is 16.1. The van der Waals surface area contributed by atoms with Crippen LogP contribution in [-0.2, 0) is 4.79 Å². The van der Waals surface area contributed by atoms with Crippen LogP contribution in [0.2, 0.25) is 0 Å². The number of carbonyl (C=O) groups is 1.